The normalized spacial score (nSPS) is 12.6. The molecule has 5 nitrogen and oxygen atoms in total. The third-order valence-corrected chi connectivity index (χ3v) is 3.24. The molecule has 0 radical (unpaired) electrons. The molecule has 0 aliphatic carbocycles. The van der Waals surface area contributed by atoms with Crippen LogP contribution < -0.4 is 10.6 Å². The second-order valence-electron chi connectivity index (χ2n) is 6.71. The number of aryl methyl sites for hydroxylation is 1. The summed E-state index contributed by atoms with van der Waals surface area (Å²) in [5, 5.41) is 14.7. The van der Waals surface area contributed by atoms with E-state index in [1.165, 1.54) is 0 Å². The average Bonchev–Trinajstić information content (AvgIpc) is 2.43. The first kappa shape index (κ1) is 18.2. The molecule has 22 heavy (non-hydrogen) atoms. The van der Waals surface area contributed by atoms with Crippen molar-refractivity contribution in [1.82, 2.24) is 10.6 Å². The Balaban J connectivity index is 2.49. The van der Waals surface area contributed by atoms with E-state index in [4.69, 9.17) is 0 Å². The van der Waals surface area contributed by atoms with E-state index in [2.05, 4.69) is 10.6 Å². The molecule has 2 amide bonds. The summed E-state index contributed by atoms with van der Waals surface area (Å²) in [6, 6.07) is 6.91. The minimum atomic E-state index is -0.303. The fourth-order valence-corrected chi connectivity index (χ4v) is 2.26. The predicted molar refractivity (Wildman–Crippen MR) is 86.6 cm³/mol. The van der Waals surface area contributed by atoms with Gasteiger partial charge < -0.3 is 15.7 Å². The number of benzene rings is 1. The molecule has 122 valence electrons. The maximum absolute atomic E-state index is 12.0. The predicted octanol–water partition coefficient (Wildman–Crippen LogP) is 1.64. The highest BCUT2D eigenvalue weighted by molar-refractivity contribution is 5.97. The van der Waals surface area contributed by atoms with Crippen LogP contribution in [0.25, 0.3) is 0 Å². The number of carbonyl (C=O) groups excluding carboxylic acids is 2. The number of carbonyl (C=O) groups is 2. The zero-order valence-electron chi connectivity index (χ0n) is 13.8. The summed E-state index contributed by atoms with van der Waals surface area (Å²) in [4.78, 5) is 23.9. The van der Waals surface area contributed by atoms with Crippen LogP contribution in [0.2, 0.25) is 0 Å². The van der Waals surface area contributed by atoms with Gasteiger partial charge in [0.2, 0.25) is 5.91 Å². The lowest BCUT2D eigenvalue weighted by atomic mass is 9.88. The summed E-state index contributed by atoms with van der Waals surface area (Å²) in [6.07, 6.45) is 0.668. The van der Waals surface area contributed by atoms with E-state index in [1.54, 1.807) is 12.1 Å². The third kappa shape index (κ3) is 6.26. The van der Waals surface area contributed by atoms with E-state index < -0.39 is 0 Å². The van der Waals surface area contributed by atoms with Crippen LogP contribution in [0.15, 0.2) is 24.3 Å². The quantitative estimate of drug-likeness (QED) is 0.747. The zero-order valence-corrected chi connectivity index (χ0v) is 13.8. The molecule has 0 aromatic heterocycles. The molecule has 1 unspecified atom stereocenters. The minimum Gasteiger partial charge on any atom is -0.394 e. The summed E-state index contributed by atoms with van der Waals surface area (Å²) in [5.74, 6) is -0.574. The molecule has 0 saturated heterocycles. The van der Waals surface area contributed by atoms with Crippen molar-refractivity contribution in [2.75, 3.05) is 13.2 Å². The Morgan fingerprint density at radius 3 is 2.41 bits per heavy atom. The monoisotopic (exact) mass is 306 g/mol. The number of hydrogen-bond donors (Lipinski definition) is 3. The molecule has 3 N–H and O–H groups in total. The number of aliphatic hydroxyl groups excluding tert-OH is 1. The highest BCUT2D eigenvalue weighted by Crippen LogP contribution is 2.20. The standard InChI is InChI=1S/C17H26N2O3/c1-12-7-5-6-8-14(12)16(22)18-10-15(21)19-13(11-20)9-17(2,3)4/h5-8,13,20H,9-11H2,1-4H3,(H,18,22)(H,19,21). The fraction of sp³-hybridized carbons (Fsp3) is 0.529. The first-order valence-corrected chi connectivity index (χ1v) is 7.47. The van der Waals surface area contributed by atoms with Crippen LogP contribution in [-0.4, -0.2) is 36.1 Å². The molecule has 0 heterocycles. The lowest BCUT2D eigenvalue weighted by molar-refractivity contribution is -0.121. The molecule has 0 saturated carbocycles. The molecular formula is C17H26N2O3. The van der Waals surface area contributed by atoms with E-state index in [1.807, 2.05) is 39.8 Å². The molecule has 0 spiro atoms. The number of amides is 2. The summed E-state index contributed by atoms with van der Waals surface area (Å²) < 4.78 is 0. The van der Waals surface area contributed by atoms with E-state index in [0.29, 0.717) is 12.0 Å². The van der Waals surface area contributed by atoms with E-state index in [-0.39, 0.29) is 36.4 Å². The van der Waals surface area contributed by atoms with Crippen LogP contribution in [-0.2, 0) is 4.79 Å². The SMILES string of the molecule is Cc1ccccc1C(=O)NCC(=O)NC(CO)CC(C)(C)C. The van der Waals surface area contributed by atoms with Crippen molar-refractivity contribution in [3.63, 3.8) is 0 Å². The Bertz CT molecular complexity index is 521. The average molecular weight is 306 g/mol. The molecule has 5 heteroatoms. The molecule has 0 aliphatic rings. The van der Waals surface area contributed by atoms with Crippen molar-refractivity contribution in [2.45, 2.75) is 40.2 Å². The number of hydrogen-bond acceptors (Lipinski definition) is 3. The fourth-order valence-electron chi connectivity index (χ4n) is 2.26. The molecule has 1 atom stereocenters. The first-order chi connectivity index (χ1) is 10.2. The van der Waals surface area contributed by atoms with Crippen molar-refractivity contribution in [3.05, 3.63) is 35.4 Å². The van der Waals surface area contributed by atoms with Gasteiger partial charge in [0.25, 0.3) is 5.91 Å². The smallest absolute Gasteiger partial charge is 0.251 e. The van der Waals surface area contributed by atoms with Crippen molar-refractivity contribution in [1.29, 1.82) is 0 Å². The van der Waals surface area contributed by atoms with Gasteiger partial charge in [0, 0.05) is 5.56 Å². The van der Waals surface area contributed by atoms with Crippen molar-refractivity contribution in [2.24, 2.45) is 5.41 Å². The number of rotatable bonds is 6. The first-order valence-electron chi connectivity index (χ1n) is 7.47. The second-order valence-corrected chi connectivity index (χ2v) is 6.71. The van der Waals surface area contributed by atoms with Gasteiger partial charge >= 0.3 is 0 Å². The van der Waals surface area contributed by atoms with Crippen LogP contribution in [0, 0.1) is 12.3 Å². The molecule has 1 aromatic rings. The van der Waals surface area contributed by atoms with Gasteiger partial charge in [-0.15, -0.1) is 0 Å². The van der Waals surface area contributed by atoms with Gasteiger partial charge in [-0.2, -0.15) is 0 Å². The van der Waals surface area contributed by atoms with Gasteiger partial charge in [-0.25, -0.2) is 0 Å². The molecule has 0 bridgehead atoms. The summed E-state index contributed by atoms with van der Waals surface area (Å²) >= 11 is 0. The van der Waals surface area contributed by atoms with Gasteiger partial charge in [-0.05, 0) is 30.4 Å². The molecular weight excluding hydrogens is 280 g/mol. The Hall–Kier alpha value is -1.88. The lowest BCUT2D eigenvalue weighted by Gasteiger charge is -2.25. The van der Waals surface area contributed by atoms with Crippen molar-refractivity contribution in [3.8, 4) is 0 Å². The third-order valence-electron chi connectivity index (χ3n) is 3.24. The van der Waals surface area contributed by atoms with Gasteiger partial charge in [0.15, 0.2) is 0 Å². The zero-order chi connectivity index (χ0) is 16.8. The Morgan fingerprint density at radius 1 is 1.23 bits per heavy atom. The molecule has 1 rings (SSSR count). The van der Waals surface area contributed by atoms with Crippen molar-refractivity contribution < 1.29 is 14.7 Å². The largest absolute Gasteiger partial charge is 0.394 e. The van der Waals surface area contributed by atoms with Gasteiger partial charge in [-0.3, -0.25) is 9.59 Å². The van der Waals surface area contributed by atoms with E-state index in [0.717, 1.165) is 5.56 Å². The maximum Gasteiger partial charge on any atom is 0.251 e. The summed E-state index contributed by atoms with van der Waals surface area (Å²) in [6.45, 7) is 7.76. The summed E-state index contributed by atoms with van der Waals surface area (Å²) in [7, 11) is 0. The van der Waals surface area contributed by atoms with E-state index >= 15 is 0 Å². The van der Waals surface area contributed by atoms with E-state index in [9.17, 15) is 14.7 Å². The van der Waals surface area contributed by atoms with Crippen LogP contribution >= 0.6 is 0 Å². The number of nitrogens with one attached hydrogen (secondary N) is 2. The Labute approximate surface area is 132 Å². The summed E-state index contributed by atoms with van der Waals surface area (Å²) in [5.41, 5.74) is 1.43. The van der Waals surface area contributed by atoms with Crippen LogP contribution in [0.3, 0.4) is 0 Å². The Kier molecular flexibility index (Phi) is 6.56. The van der Waals surface area contributed by atoms with Crippen LogP contribution in [0.4, 0.5) is 0 Å². The van der Waals surface area contributed by atoms with Gasteiger partial charge in [0.1, 0.15) is 0 Å². The number of aliphatic hydroxyl groups is 1. The molecule has 0 fully saturated rings. The van der Waals surface area contributed by atoms with Gasteiger partial charge in [0.05, 0.1) is 19.2 Å². The highest BCUT2D eigenvalue weighted by Gasteiger charge is 2.20. The lowest BCUT2D eigenvalue weighted by Crippen LogP contribution is -2.45. The van der Waals surface area contributed by atoms with Crippen molar-refractivity contribution >= 4 is 11.8 Å². The second kappa shape index (κ2) is 7.94. The highest BCUT2D eigenvalue weighted by atomic mass is 16.3. The maximum atomic E-state index is 12.0. The molecule has 0 aliphatic heterocycles. The van der Waals surface area contributed by atoms with Gasteiger partial charge in [-0.1, -0.05) is 39.0 Å². The minimum absolute atomic E-state index is 0.00504. The Morgan fingerprint density at radius 2 is 1.86 bits per heavy atom. The van der Waals surface area contributed by atoms with Crippen LogP contribution in [0.5, 0.6) is 0 Å². The van der Waals surface area contributed by atoms with Crippen LogP contribution in [0.1, 0.15) is 43.1 Å². The molecule has 1 aromatic carbocycles. The topological polar surface area (TPSA) is 78.4 Å².